The first kappa shape index (κ1) is 12.5. The monoisotopic (exact) mass is 258 g/mol. The summed E-state index contributed by atoms with van der Waals surface area (Å²) in [5.41, 5.74) is 0. The molecule has 0 saturated carbocycles. The Morgan fingerprint density at radius 3 is 2.28 bits per heavy atom. The van der Waals surface area contributed by atoms with Crippen LogP contribution in [0.4, 0.5) is 0 Å². The fourth-order valence-corrected chi connectivity index (χ4v) is 2.53. The smallest absolute Gasteiger partial charge is 0.198 e. The highest BCUT2D eigenvalue weighted by atomic mass is 16.8. The van der Waals surface area contributed by atoms with E-state index in [4.69, 9.17) is 23.7 Å². The van der Waals surface area contributed by atoms with Crippen molar-refractivity contribution in [2.75, 3.05) is 6.61 Å². The molecule has 3 fully saturated rings. The van der Waals surface area contributed by atoms with Crippen molar-refractivity contribution < 1.29 is 28.5 Å². The lowest BCUT2D eigenvalue weighted by molar-refractivity contribution is -0.219. The maximum Gasteiger partial charge on any atom is 0.198 e. The van der Waals surface area contributed by atoms with Gasteiger partial charge in [-0.15, -0.1) is 0 Å². The van der Waals surface area contributed by atoms with E-state index in [2.05, 4.69) is 0 Å². The quantitative estimate of drug-likeness (QED) is 0.685. The molecule has 3 aliphatic heterocycles. The predicted molar refractivity (Wildman–Crippen MR) is 58.6 cm³/mol. The molecule has 3 aliphatic rings. The highest BCUT2D eigenvalue weighted by molar-refractivity contribution is 5.90. The third-order valence-electron chi connectivity index (χ3n) is 3.27. The highest BCUT2D eigenvalue weighted by Crippen LogP contribution is 2.38. The van der Waals surface area contributed by atoms with Crippen LogP contribution in [0.5, 0.6) is 0 Å². The fraction of sp³-hybridized carbons (Fsp3) is 0.917. The second-order valence-corrected chi connectivity index (χ2v) is 5.75. The maximum atomic E-state index is 12.2. The van der Waals surface area contributed by atoms with E-state index in [0.717, 1.165) is 0 Å². The number of rotatable bonds is 1. The van der Waals surface area contributed by atoms with Crippen molar-refractivity contribution in [3.05, 3.63) is 0 Å². The zero-order valence-electron chi connectivity index (χ0n) is 11.0. The summed E-state index contributed by atoms with van der Waals surface area (Å²) in [5, 5.41) is 0. The van der Waals surface area contributed by atoms with Crippen LogP contribution in [0.2, 0.25) is 0 Å². The summed E-state index contributed by atoms with van der Waals surface area (Å²) in [6, 6.07) is 0. The van der Waals surface area contributed by atoms with Gasteiger partial charge in [-0.1, -0.05) is 0 Å². The second-order valence-electron chi connectivity index (χ2n) is 5.75. The van der Waals surface area contributed by atoms with Crippen molar-refractivity contribution >= 4 is 5.78 Å². The molecule has 3 saturated heterocycles. The van der Waals surface area contributed by atoms with Gasteiger partial charge in [0.25, 0.3) is 0 Å². The molecule has 0 aromatic heterocycles. The topological polar surface area (TPSA) is 63.2 Å². The minimum Gasteiger partial charge on any atom is -0.348 e. The SMILES string of the molecule is CC1(C)O[C@H]2OC([C@H]3COC(C)(C)O3)C(=O)[C@H]2O1. The summed E-state index contributed by atoms with van der Waals surface area (Å²) >= 11 is 0. The number of hydrogen-bond donors (Lipinski definition) is 0. The average molecular weight is 258 g/mol. The van der Waals surface area contributed by atoms with Crippen LogP contribution in [-0.2, 0) is 28.5 Å². The summed E-state index contributed by atoms with van der Waals surface area (Å²) in [6.07, 6.45) is -2.35. The van der Waals surface area contributed by atoms with E-state index in [0.29, 0.717) is 6.61 Å². The van der Waals surface area contributed by atoms with Gasteiger partial charge < -0.3 is 23.7 Å². The molecule has 0 spiro atoms. The lowest BCUT2D eigenvalue weighted by Gasteiger charge is -2.23. The first-order valence-corrected chi connectivity index (χ1v) is 6.14. The average Bonchev–Trinajstić information content (AvgIpc) is 2.81. The predicted octanol–water partition coefficient (Wildman–Crippen LogP) is 0.583. The van der Waals surface area contributed by atoms with Gasteiger partial charge >= 0.3 is 0 Å². The van der Waals surface area contributed by atoms with Gasteiger partial charge in [0.1, 0.15) is 6.10 Å². The summed E-state index contributed by atoms with van der Waals surface area (Å²) in [5.74, 6) is -1.58. The summed E-state index contributed by atoms with van der Waals surface area (Å²) in [6.45, 7) is 7.48. The third-order valence-corrected chi connectivity index (χ3v) is 3.27. The molecule has 4 atom stereocenters. The van der Waals surface area contributed by atoms with Gasteiger partial charge in [0.05, 0.1) is 6.61 Å². The number of ketones is 1. The Hall–Kier alpha value is -0.530. The van der Waals surface area contributed by atoms with Crippen LogP contribution in [0.3, 0.4) is 0 Å². The van der Waals surface area contributed by atoms with Crippen LogP contribution in [0.15, 0.2) is 0 Å². The standard InChI is InChI=1S/C12H18O6/c1-11(2)14-5-6(16-11)8-7(13)9-10(15-8)18-12(3,4)17-9/h6,8-10H,5H2,1-4H3/t6-,8?,9-,10-/m1/s1. The zero-order chi connectivity index (χ0) is 13.1. The first-order valence-electron chi connectivity index (χ1n) is 6.14. The van der Waals surface area contributed by atoms with Gasteiger partial charge in [0, 0.05) is 0 Å². The minimum absolute atomic E-state index is 0.128. The van der Waals surface area contributed by atoms with Crippen LogP contribution in [0, 0.1) is 0 Å². The lowest BCUT2D eigenvalue weighted by Crippen LogP contribution is -2.39. The van der Waals surface area contributed by atoms with Gasteiger partial charge in [0.15, 0.2) is 35.9 Å². The van der Waals surface area contributed by atoms with Gasteiger partial charge in [0.2, 0.25) is 0 Å². The van der Waals surface area contributed by atoms with Crippen molar-refractivity contribution in [2.45, 2.75) is 63.9 Å². The number of Topliss-reactive ketones (excluding diaryl/α,β-unsaturated/α-hetero) is 1. The Morgan fingerprint density at radius 2 is 1.72 bits per heavy atom. The van der Waals surface area contributed by atoms with Gasteiger partial charge in [-0.3, -0.25) is 4.79 Å². The van der Waals surface area contributed by atoms with E-state index in [-0.39, 0.29) is 5.78 Å². The Labute approximate surface area is 105 Å². The molecule has 0 bridgehead atoms. The summed E-state index contributed by atoms with van der Waals surface area (Å²) in [4.78, 5) is 12.2. The van der Waals surface area contributed by atoms with Crippen molar-refractivity contribution in [3.8, 4) is 0 Å². The molecule has 0 radical (unpaired) electrons. The van der Waals surface area contributed by atoms with E-state index in [1.165, 1.54) is 0 Å². The molecule has 0 aliphatic carbocycles. The van der Waals surface area contributed by atoms with Crippen molar-refractivity contribution in [1.82, 2.24) is 0 Å². The van der Waals surface area contributed by atoms with Crippen molar-refractivity contribution in [1.29, 1.82) is 0 Å². The van der Waals surface area contributed by atoms with Crippen LogP contribution < -0.4 is 0 Å². The molecule has 3 heterocycles. The number of fused-ring (bicyclic) bond motifs is 1. The molecule has 0 N–H and O–H groups in total. The van der Waals surface area contributed by atoms with E-state index < -0.39 is 36.2 Å². The Balaban J connectivity index is 1.70. The largest absolute Gasteiger partial charge is 0.348 e. The molecular weight excluding hydrogens is 240 g/mol. The fourth-order valence-electron chi connectivity index (χ4n) is 2.53. The normalized spacial score (nSPS) is 45.4. The molecule has 6 heteroatoms. The molecule has 3 rings (SSSR count). The Kier molecular flexibility index (Phi) is 2.60. The molecule has 1 unspecified atom stereocenters. The molecule has 18 heavy (non-hydrogen) atoms. The molecule has 0 amide bonds. The highest BCUT2D eigenvalue weighted by Gasteiger charge is 2.57. The van der Waals surface area contributed by atoms with Gasteiger partial charge in [-0.05, 0) is 27.7 Å². The first-order chi connectivity index (χ1) is 8.27. The molecule has 102 valence electrons. The second kappa shape index (κ2) is 3.74. The number of carbonyl (C=O) groups excluding carboxylic acids is 1. The minimum atomic E-state index is -0.776. The Bertz CT molecular complexity index is 377. The third kappa shape index (κ3) is 1.98. The number of carbonyl (C=O) groups is 1. The van der Waals surface area contributed by atoms with Crippen molar-refractivity contribution in [2.24, 2.45) is 0 Å². The van der Waals surface area contributed by atoms with Crippen LogP contribution >= 0.6 is 0 Å². The maximum absolute atomic E-state index is 12.2. The van der Waals surface area contributed by atoms with E-state index in [1.807, 2.05) is 13.8 Å². The van der Waals surface area contributed by atoms with E-state index in [9.17, 15) is 4.79 Å². The molecular formula is C12H18O6. The lowest BCUT2D eigenvalue weighted by atomic mass is 10.1. The molecule has 6 nitrogen and oxygen atoms in total. The zero-order valence-corrected chi connectivity index (χ0v) is 11.0. The van der Waals surface area contributed by atoms with Crippen LogP contribution in [0.25, 0.3) is 0 Å². The van der Waals surface area contributed by atoms with Crippen LogP contribution in [0.1, 0.15) is 27.7 Å². The number of hydrogen-bond acceptors (Lipinski definition) is 6. The van der Waals surface area contributed by atoms with E-state index >= 15 is 0 Å². The van der Waals surface area contributed by atoms with Crippen molar-refractivity contribution in [3.63, 3.8) is 0 Å². The van der Waals surface area contributed by atoms with Crippen LogP contribution in [-0.4, -0.2) is 48.6 Å². The number of ether oxygens (including phenoxy) is 5. The van der Waals surface area contributed by atoms with Gasteiger partial charge in [-0.25, -0.2) is 0 Å². The summed E-state index contributed by atoms with van der Waals surface area (Å²) < 4.78 is 27.7. The van der Waals surface area contributed by atoms with Gasteiger partial charge in [-0.2, -0.15) is 0 Å². The molecule has 0 aromatic rings. The van der Waals surface area contributed by atoms with E-state index in [1.54, 1.807) is 13.8 Å². The Morgan fingerprint density at radius 1 is 1.00 bits per heavy atom. The molecule has 0 aromatic carbocycles. The summed E-state index contributed by atoms with van der Waals surface area (Å²) in [7, 11) is 0.